The lowest BCUT2D eigenvalue weighted by Gasteiger charge is -2.10. The Morgan fingerprint density at radius 1 is 1.13 bits per heavy atom. The minimum Gasteiger partial charge on any atom is -0.383 e. The van der Waals surface area contributed by atoms with Gasteiger partial charge in [0, 0.05) is 39.6 Å². The van der Waals surface area contributed by atoms with Gasteiger partial charge >= 0.3 is 0 Å². The molecule has 2 aromatic heterocycles. The molecule has 4 rings (SSSR count). The van der Waals surface area contributed by atoms with E-state index in [1.54, 1.807) is 42.6 Å². The molecule has 0 saturated carbocycles. The third-order valence-corrected chi connectivity index (χ3v) is 5.72. The maximum atomic E-state index is 13.6. The van der Waals surface area contributed by atoms with Crippen molar-refractivity contribution in [2.45, 2.75) is 16.3 Å². The molecule has 0 atom stereocenters. The second-order valence-electron chi connectivity index (χ2n) is 6.75. The van der Waals surface area contributed by atoms with Crippen LogP contribution in [0.3, 0.4) is 0 Å². The first-order chi connectivity index (χ1) is 14.9. The summed E-state index contributed by atoms with van der Waals surface area (Å²) < 4.78 is 13.6. The van der Waals surface area contributed by atoms with Crippen molar-refractivity contribution in [3.63, 3.8) is 0 Å². The van der Waals surface area contributed by atoms with E-state index in [1.165, 1.54) is 30.1 Å². The zero-order valence-electron chi connectivity index (χ0n) is 16.2. The molecule has 2 aromatic carbocycles. The van der Waals surface area contributed by atoms with E-state index in [1.807, 2.05) is 0 Å². The monoisotopic (exact) mass is 435 g/mol. The van der Waals surface area contributed by atoms with Gasteiger partial charge in [0.05, 0.1) is 11.1 Å². The summed E-state index contributed by atoms with van der Waals surface area (Å²) in [5.41, 5.74) is 13.4. The lowest BCUT2D eigenvalue weighted by atomic mass is 10.1. The van der Waals surface area contributed by atoms with Crippen molar-refractivity contribution >= 4 is 40.3 Å². The highest BCUT2D eigenvalue weighted by molar-refractivity contribution is 7.99. The van der Waals surface area contributed by atoms with Crippen LogP contribution in [0.15, 0.2) is 70.7 Å². The van der Waals surface area contributed by atoms with Crippen LogP contribution in [0.5, 0.6) is 0 Å². The van der Waals surface area contributed by atoms with Gasteiger partial charge in [0.15, 0.2) is 0 Å². The van der Waals surface area contributed by atoms with Gasteiger partial charge in [0.25, 0.3) is 5.91 Å². The number of nitrogens with two attached hydrogens (primary N) is 2. The number of anilines is 1. The van der Waals surface area contributed by atoms with Crippen molar-refractivity contribution in [1.82, 2.24) is 15.3 Å². The molecule has 0 fully saturated rings. The highest BCUT2D eigenvalue weighted by atomic mass is 32.2. The van der Waals surface area contributed by atoms with Gasteiger partial charge < -0.3 is 21.8 Å². The number of pyridine rings is 1. The minimum absolute atomic E-state index is 0.0787. The van der Waals surface area contributed by atoms with Crippen molar-refractivity contribution in [2.24, 2.45) is 5.73 Å². The van der Waals surface area contributed by atoms with E-state index in [0.717, 1.165) is 11.1 Å². The normalized spacial score (nSPS) is 10.9. The predicted octanol–water partition coefficient (Wildman–Crippen LogP) is 3.46. The van der Waals surface area contributed by atoms with Gasteiger partial charge in [-0.1, -0.05) is 23.9 Å². The van der Waals surface area contributed by atoms with E-state index >= 15 is 0 Å². The summed E-state index contributed by atoms with van der Waals surface area (Å²) in [7, 11) is 0. The Labute approximate surface area is 181 Å². The number of aromatic amines is 1. The van der Waals surface area contributed by atoms with Crippen LogP contribution in [0.25, 0.3) is 10.9 Å². The molecule has 9 heteroatoms. The number of hydrogen-bond donors (Lipinski definition) is 4. The molecule has 0 radical (unpaired) electrons. The number of H-pyrrole nitrogens is 1. The Hall–Kier alpha value is -3.85. The number of primary amides is 1. The van der Waals surface area contributed by atoms with Gasteiger partial charge in [-0.3, -0.25) is 9.59 Å². The average molecular weight is 435 g/mol. The number of halogens is 1. The van der Waals surface area contributed by atoms with Crippen LogP contribution in [-0.4, -0.2) is 21.8 Å². The van der Waals surface area contributed by atoms with Crippen molar-refractivity contribution in [3.05, 3.63) is 83.4 Å². The van der Waals surface area contributed by atoms with Gasteiger partial charge in [0.1, 0.15) is 11.6 Å². The highest BCUT2D eigenvalue weighted by Crippen LogP contribution is 2.31. The number of rotatable bonds is 6. The van der Waals surface area contributed by atoms with Gasteiger partial charge in [-0.2, -0.15) is 0 Å². The number of nitrogens with one attached hydrogen (secondary N) is 2. The molecule has 31 heavy (non-hydrogen) atoms. The Morgan fingerprint density at radius 2 is 1.94 bits per heavy atom. The molecule has 0 unspecified atom stereocenters. The smallest absolute Gasteiger partial charge is 0.255 e. The fourth-order valence-electron chi connectivity index (χ4n) is 3.15. The van der Waals surface area contributed by atoms with Crippen LogP contribution in [0.4, 0.5) is 10.2 Å². The Kier molecular flexibility index (Phi) is 5.59. The molecular formula is C22H18FN5O2S. The molecule has 2 amide bonds. The van der Waals surface area contributed by atoms with Gasteiger partial charge in [-0.05, 0) is 42.0 Å². The Balaban J connectivity index is 1.53. The zero-order chi connectivity index (χ0) is 22.0. The van der Waals surface area contributed by atoms with Crippen molar-refractivity contribution < 1.29 is 14.0 Å². The summed E-state index contributed by atoms with van der Waals surface area (Å²) >= 11 is 1.26. The first-order valence-electron chi connectivity index (χ1n) is 9.28. The van der Waals surface area contributed by atoms with Crippen molar-refractivity contribution in [3.8, 4) is 0 Å². The SMILES string of the molecule is NC(=O)c1ccccc1Sc1cnc(N)c(C(=O)NCc2c[nH]c3ccc(F)cc23)c1. The standard InChI is InChI=1S/C22H18FN5O2S/c23-13-5-6-18-16(7-13)12(9-26-18)10-28-22(30)17-8-14(11-27-20(17)24)31-19-4-2-1-3-15(19)21(25)29/h1-9,11,26H,10H2,(H2,24,27)(H2,25,29)(H,28,30). The lowest BCUT2D eigenvalue weighted by molar-refractivity contribution is 0.0950. The summed E-state index contributed by atoms with van der Waals surface area (Å²) in [5, 5.41) is 3.48. The quantitative estimate of drug-likeness (QED) is 0.369. The van der Waals surface area contributed by atoms with Crippen LogP contribution < -0.4 is 16.8 Å². The number of amides is 2. The molecule has 7 nitrogen and oxygen atoms in total. The third-order valence-electron chi connectivity index (χ3n) is 4.69. The summed E-state index contributed by atoms with van der Waals surface area (Å²) in [6.45, 7) is 0.184. The predicted molar refractivity (Wildman–Crippen MR) is 117 cm³/mol. The summed E-state index contributed by atoms with van der Waals surface area (Å²) in [4.78, 5) is 32.8. The molecular weight excluding hydrogens is 417 g/mol. The first kappa shape index (κ1) is 20.4. The zero-order valence-corrected chi connectivity index (χ0v) is 17.0. The summed E-state index contributed by atoms with van der Waals surface area (Å²) in [6.07, 6.45) is 3.25. The molecule has 0 aliphatic carbocycles. The number of nitrogens with zero attached hydrogens (tertiary/aromatic N) is 1. The molecule has 6 N–H and O–H groups in total. The van der Waals surface area contributed by atoms with Crippen molar-refractivity contribution in [2.75, 3.05) is 5.73 Å². The van der Waals surface area contributed by atoms with E-state index in [-0.39, 0.29) is 23.7 Å². The maximum Gasteiger partial charge on any atom is 0.255 e. The van der Waals surface area contributed by atoms with Crippen LogP contribution in [0.1, 0.15) is 26.3 Å². The lowest BCUT2D eigenvalue weighted by Crippen LogP contribution is -2.24. The number of hydrogen-bond acceptors (Lipinski definition) is 5. The number of nitrogen functional groups attached to an aromatic ring is 1. The van der Waals surface area contributed by atoms with E-state index in [9.17, 15) is 14.0 Å². The van der Waals surface area contributed by atoms with Crippen LogP contribution in [0, 0.1) is 5.82 Å². The fraction of sp³-hybridized carbons (Fsp3) is 0.0455. The number of benzene rings is 2. The van der Waals surface area contributed by atoms with Crippen LogP contribution in [0.2, 0.25) is 0 Å². The fourth-order valence-corrected chi connectivity index (χ4v) is 4.11. The highest BCUT2D eigenvalue weighted by Gasteiger charge is 2.15. The number of carbonyl (C=O) groups excluding carboxylic acids is 2. The maximum absolute atomic E-state index is 13.6. The molecule has 0 bridgehead atoms. The van der Waals surface area contributed by atoms with E-state index < -0.39 is 11.8 Å². The number of fused-ring (bicyclic) bond motifs is 1. The van der Waals surface area contributed by atoms with E-state index in [0.29, 0.717) is 20.7 Å². The van der Waals surface area contributed by atoms with E-state index in [2.05, 4.69) is 15.3 Å². The molecule has 4 aromatic rings. The Bertz CT molecular complexity index is 1300. The van der Waals surface area contributed by atoms with Crippen molar-refractivity contribution in [1.29, 1.82) is 0 Å². The van der Waals surface area contributed by atoms with Gasteiger partial charge in [-0.25, -0.2) is 9.37 Å². The average Bonchev–Trinajstić information content (AvgIpc) is 3.15. The summed E-state index contributed by atoms with van der Waals surface area (Å²) in [6, 6.07) is 12.9. The Morgan fingerprint density at radius 3 is 2.74 bits per heavy atom. The van der Waals surface area contributed by atoms with Crippen LogP contribution in [-0.2, 0) is 6.54 Å². The summed E-state index contributed by atoms with van der Waals surface area (Å²) in [5.74, 6) is -1.23. The molecule has 156 valence electrons. The van der Waals surface area contributed by atoms with E-state index in [4.69, 9.17) is 11.5 Å². The second-order valence-corrected chi connectivity index (χ2v) is 7.87. The second kappa shape index (κ2) is 8.49. The number of carbonyl (C=O) groups is 2. The first-order valence-corrected chi connectivity index (χ1v) is 10.1. The molecule has 0 saturated heterocycles. The molecule has 0 aliphatic rings. The third kappa shape index (κ3) is 4.36. The van der Waals surface area contributed by atoms with Crippen LogP contribution >= 0.6 is 11.8 Å². The van der Waals surface area contributed by atoms with Gasteiger partial charge in [-0.15, -0.1) is 0 Å². The molecule has 0 spiro atoms. The van der Waals surface area contributed by atoms with Gasteiger partial charge in [0.2, 0.25) is 5.91 Å². The molecule has 2 heterocycles. The minimum atomic E-state index is -0.542. The largest absolute Gasteiger partial charge is 0.383 e. The number of aromatic nitrogens is 2. The molecule has 0 aliphatic heterocycles. The topological polar surface area (TPSA) is 127 Å².